The van der Waals surface area contributed by atoms with E-state index in [1.807, 2.05) is 23.7 Å². The molecule has 0 saturated heterocycles. The molecule has 0 aliphatic rings. The van der Waals surface area contributed by atoms with Gasteiger partial charge in [-0.2, -0.15) is 0 Å². The van der Waals surface area contributed by atoms with Gasteiger partial charge in [-0.25, -0.2) is 0 Å². The van der Waals surface area contributed by atoms with Crippen molar-refractivity contribution in [1.82, 2.24) is 10.3 Å². The summed E-state index contributed by atoms with van der Waals surface area (Å²) in [7, 11) is 0. The molecule has 2 nitrogen and oxygen atoms in total. The van der Waals surface area contributed by atoms with Crippen LogP contribution in [0.1, 0.15) is 41.5 Å². The van der Waals surface area contributed by atoms with E-state index in [1.165, 1.54) is 21.6 Å². The van der Waals surface area contributed by atoms with Gasteiger partial charge in [0.25, 0.3) is 0 Å². The number of thiophene rings is 1. The van der Waals surface area contributed by atoms with Gasteiger partial charge in [0.15, 0.2) is 0 Å². The molecular weight excluding hydrogens is 240 g/mol. The summed E-state index contributed by atoms with van der Waals surface area (Å²) in [6.45, 7) is 7.46. The number of nitrogens with zero attached hydrogens (tertiary/aromatic N) is 1. The molecule has 2 heterocycles. The maximum atomic E-state index is 4.23. The number of aryl methyl sites for hydroxylation is 2. The molecule has 2 rings (SSSR count). The third-order valence-electron chi connectivity index (χ3n) is 3.13. The summed E-state index contributed by atoms with van der Waals surface area (Å²) < 4.78 is 0. The zero-order valence-corrected chi connectivity index (χ0v) is 12.1. The van der Waals surface area contributed by atoms with Gasteiger partial charge in [0.05, 0.1) is 6.04 Å². The fourth-order valence-electron chi connectivity index (χ4n) is 2.24. The second-order valence-corrected chi connectivity index (χ2v) is 5.52. The van der Waals surface area contributed by atoms with Crippen LogP contribution in [0.25, 0.3) is 0 Å². The normalized spacial score (nSPS) is 12.6. The Labute approximate surface area is 113 Å². The molecule has 0 radical (unpaired) electrons. The molecule has 2 aromatic heterocycles. The van der Waals surface area contributed by atoms with Crippen molar-refractivity contribution in [1.29, 1.82) is 0 Å². The van der Waals surface area contributed by atoms with E-state index in [0.717, 1.165) is 13.0 Å². The highest BCUT2D eigenvalue weighted by atomic mass is 32.1. The van der Waals surface area contributed by atoms with E-state index in [-0.39, 0.29) is 6.04 Å². The van der Waals surface area contributed by atoms with E-state index in [1.54, 1.807) is 0 Å². The molecule has 0 spiro atoms. The number of rotatable bonds is 5. The highest BCUT2D eigenvalue weighted by Crippen LogP contribution is 2.28. The number of hydrogen-bond donors (Lipinski definition) is 1. The molecule has 1 unspecified atom stereocenters. The van der Waals surface area contributed by atoms with Crippen molar-refractivity contribution >= 4 is 11.3 Å². The van der Waals surface area contributed by atoms with Crippen LogP contribution in [0.3, 0.4) is 0 Å². The van der Waals surface area contributed by atoms with Crippen LogP contribution in [-0.4, -0.2) is 11.5 Å². The summed E-state index contributed by atoms with van der Waals surface area (Å²) in [4.78, 5) is 5.59. The molecule has 18 heavy (non-hydrogen) atoms. The molecule has 0 aliphatic heterocycles. The smallest absolute Gasteiger partial charge is 0.0588 e. The number of pyridine rings is 1. The van der Waals surface area contributed by atoms with Gasteiger partial charge in [-0.3, -0.25) is 4.98 Å². The number of nitrogens with one attached hydrogen (secondary N) is 1. The molecular formula is C15H20N2S. The first kappa shape index (κ1) is 13.2. The standard InChI is InChI=1S/C15H20N2S/c1-4-12-9-16-7-6-14(12)15(17-5-2)13-8-11(3)18-10-13/h6-10,15,17H,4-5H2,1-3H3. The molecule has 1 atom stereocenters. The third kappa shape index (κ3) is 2.79. The lowest BCUT2D eigenvalue weighted by atomic mass is 9.96. The molecule has 0 saturated carbocycles. The molecule has 1 N–H and O–H groups in total. The van der Waals surface area contributed by atoms with E-state index in [4.69, 9.17) is 0 Å². The summed E-state index contributed by atoms with van der Waals surface area (Å²) in [5.41, 5.74) is 4.04. The summed E-state index contributed by atoms with van der Waals surface area (Å²) >= 11 is 1.81. The predicted octanol–water partition coefficient (Wildman–Crippen LogP) is 3.71. The van der Waals surface area contributed by atoms with Crippen molar-refractivity contribution in [2.75, 3.05) is 6.54 Å². The molecule has 2 aromatic rings. The van der Waals surface area contributed by atoms with Crippen molar-refractivity contribution < 1.29 is 0 Å². The Hall–Kier alpha value is -1.19. The van der Waals surface area contributed by atoms with Crippen LogP contribution in [0, 0.1) is 6.92 Å². The molecule has 0 bridgehead atoms. The lowest BCUT2D eigenvalue weighted by molar-refractivity contribution is 0.626. The average molecular weight is 260 g/mol. The fraction of sp³-hybridized carbons (Fsp3) is 0.400. The van der Waals surface area contributed by atoms with E-state index >= 15 is 0 Å². The highest BCUT2D eigenvalue weighted by Gasteiger charge is 2.16. The molecule has 96 valence electrons. The van der Waals surface area contributed by atoms with Crippen molar-refractivity contribution in [3.8, 4) is 0 Å². The van der Waals surface area contributed by atoms with Crippen LogP contribution < -0.4 is 5.32 Å². The Morgan fingerprint density at radius 3 is 2.83 bits per heavy atom. The summed E-state index contributed by atoms with van der Waals surface area (Å²) in [6.07, 6.45) is 4.89. The summed E-state index contributed by atoms with van der Waals surface area (Å²) in [6, 6.07) is 4.70. The quantitative estimate of drug-likeness (QED) is 0.886. The molecule has 3 heteroatoms. The zero-order chi connectivity index (χ0) is 13.0. The first-order valence-corrected chi connectivity index (χ1v) is 7.35. The largest absolute Gasteiger partial charge is 0.306 e. The van der Waals surface area contributed by atoms with Gasteiger partial charge >= 0.3 is 0 Å². The third-order valence-corrected chi connectivity index (χ3v) is 4.01. The van der Waals surface area contributed by atoms with Gasteiger partial charge < -0.3 is 5.32 Å². The predicted molar refractivity (Wildman–Crippen MR) is 78.2 cm³/mol. The Balaban J connectivity index is 2.41. The SMILES string of the molecule is CCNC(c1csc(C)c1)c1ccncc1CC. The van der Waals surface area contributed by atoms with Gasteiger partial charge in [-0.05, 0) is 54.1 Å². The van der Waals surface area contributed by atoms with Gasteiger partial charge in [0, 0.05) is 17.3 Å². The van der Waals surface area contributed by atoms with Crippen LogP contribution in [0.2, 0.25) is 0 Å². The second-order valence-electron chi connectivity index (χ2n) is 4.41. The van der Waals surface area contributed by atoms with Gasteiger partial charge in [0.2, 0.25) is 0 Å². The van der Waals surface area contributed by atoms with Crippen LogP contribution >= 0.6 is 11.3 Å². The van der Waals surface area contributed by atoms with E-state index < -0.39 is 0 Å². The van der Waals surface area contributed by atoms with E-state index in [9.17, 15) is 0 Å². The Morgan fingerprint density at radius 2 is 2.22 bits per heavy atom. The number of aromatic nitrogens is 1. The average Bonchev–Trinajstić information content (AvgIpc) is 2.82. The molecule has 0 aliphatic carbocycles. The minimum Gasteiger partial charge on any atom is -0.306 e. The van der Waals surface area contributed by atoms with Crippen LogP contribution in [-0.2, 0) is 6.42 Å². The lowest BCUT2D eigenvalue weighted by Gasteiger charge is -2.20. The molecule has 0 aromatic carbocycles. The first-order chi connectivity index (χ1) is 8.76. The highest BCUT2D eigenvalue weighted by molar-refractivity contribution is 7.10. The minimum atomic E-state index is 0.290. The summed E-state index contributed by atoms with van der Waals surface area (Å²) in [5, 5.41) is 5.83. The van der Waals surface area contributed by atoms with Gasteiger partial charge in [-0.1, -0.05) is 13.8 Å². The topological polar surface area (TPSA) is 24.9 Å². The van der Waals surface area contributed by atoms with Gasteiger partial charge in [0.1, 0.15) is 0 Å². The Bertz CT molecular complexity index is 505. The van der Waals surface area contributed by atoms with E-state index in [2.05, 4.69) is 48.6 Å². The molecule has 0 amide bonds. The minimum absolute atomic E-state index is 0.290. The molecule has 0 fully saturated rings. The fourth-order valence-corrected chi connectivity index (χ4v) is 2.97. The van der Waals surface area contributed by atoms with E-state index in [0.29, 0.717) is 0 Å². The van der Waals surface area contributed by atoms with Crippen molar-refractivity contribution in [2.24, 2.45) is 0 Å². The van der Waals surface area contributed by atoms with Crippen molar-refractivity contribution in [3.63, 3.8) is 0 Å². The van der Waals surface area contributed by atoms with Crippen molar-refractivity contribution in [2.45, 2.75) is 33.2 Å². The number of hydrogen-bond acceptors (Lipinski definition) is 3. The Kier molecular flexibility index (Phi) is 4.50. The monoisotopic (exact) mass is 260 g/mol. The zero-order valence-electron chi connectivity index (χ0n) is 11.2. The van der Waals surface area contributed by atoms with Crippen LogP contribution in [0.5, 0.6) is 0 Å². The Morgan fingerprint density at radius 1 is 1.39 bits per heavy atom. The lowest BCUT2D eigenvalue weighted by Crippen LogP contribution is -2.22. The summed E-state index contributed by atoms with van der Waals surface area (Å²) in [5.74, 6) is 0. The van der Waals surface area contributed by atoms with Crippen LogP contribution in [0.15, 0.2) is 29.9 Å². The first-order valence-electron chi connectivity index (χ1n) is 6.47. The van der Waals surface area contributed by atoms with Crippen LogP contribution in [0.4, 0.5) is 0 Å². The second kappa shape index (κ2) is 6.12. The van der Waals surface area contributed by atoms with Gasteiger partial charge in [-0.15, -0.1) is 11.3 Å². The maximum Gasteiger partial charge on any atom is 0.0588 e. The van der Waals surface area contributed by atoms with Crippen molar-refractivity contribution in [3.05, 3.63) is 51.5 Å². The maximum absolute atomic E-state index is 4.23.